The largest absolute Gasteiger partial charge is 0.426 e. The van der Waals surface area contributed by atoms with Gasteiger partial charge in [-0.2, -0.15) is 0 Å². The maximum absolute atomic E-state index is 11.7. The van der Waals surface area contributed by atoms with Gasteiger partial charge in [-0.25, -0.2) is 0 Å². The van der Waals surface area contributed by atoms with Crippen molar-refractivity contribution in [1.82, 2.24) is 0 Å². The second-order valence-electron chi connectivity index (χ2n) is 5.21. The van der Waals surface area contributed by atoms with E-state index in [-0.39, 0.29) is 11.9 Å². The minimum absolute atomic E-state index is 0.111. The van der Waals surface area contributed by atoms with Gasteiger partial charge in [0.25, 0.3) is 0 Å². The van der Waals surface area contributed by atoms with Gasteiger partial charge in [-0.15, -0.1) is 0 Å². The molecule has 0 atom stereocenters. The molecule has 2 heteroatoms. The van der Waals surface area contributed by atoms with Crippen LogP contribution in [0.25, 0.3) is 5.57 Å². The highest BCUT2D eigenvalue weighted by molar-refractivity contribution is 5.76. The van der Waals surface area contributed by atoms with Crippen LogP contribution >= 0.6 is 0 Å². The second-order valence-corrected chi connectivity index (χ2v) is 5.21. The molecule has 0 radical (unpaired) electrons. The highest BCUT2D eigenvalue weighted by atomic mass is 16.5. The third-order valence-corrected chi connectivity index (χ3v) is 3.25. The predicted molar refractivity (Wildman–Crippen MR) is 89.4 cm³/mol. The Morgan fingerprint density at radius 3 is 2.52 bits per heavy atom. The maximum atomic E-state index is 11.7. The smallest absolute Gasteiger partial charge is 0.313 e. The van der Waals surface area contributed by atoms with Crippen molar-refractivity contribution in [3.8, 4) is 5.75 Å². The average Bonchev–Trinajstić information content (AvgIpc) is 2.52. The molecule has 21 heavy (non-hydrogen) atoms. The molecule has 0 unspecified atom stereocenters. The van der Waals surface area contributed by atoms with Crippen LogP contribution in [-0.2, 0) is 4.79 Å². The summed E-state index contributed by atoms with van der Waals surface area (Å²) >= 11 is 0. The first-order valence-electron chi connectivity index (χ1n) is 7.76. The summed E-state index contributed by atoms with van der Waals surface area (Å²) in [5, 5.41) is 0. The molecule has 1 aliphatic rings. The molecule has 2 rings (SSSR count). The molecule has 0 amide bonds. The fourth-order valence-corrected chi connectivity index (χ4v) is 1.98. The van der Waals surface area contributed by atoms with Crippen molar-refractivity contribution in [3.63, 3.8) is 0 Å². The summed E-state index contributed by atoms with van der Waals surface area (Å²) in [4.78, 5) is 11.7. The number of carbonyl (C=O) groups excluding carboxylic acids is 1. The van der Waals surface area contributed by atoms with Crippen LogP contribution in [0.1, 0.15) is 51.7 Å². The first kappa shape index (κ1) is 17.2. The zero-order valence-electron chi connectivity index (χ0n) is 13.8. The van der Waals surface area contributed by atoms with Crippen LogP contribution in [0.2, 0.25) is 0 Å². The zero-order chi connectivity index (χ0) is 15.8. The van der Waals surface area contributed by atoms with E-state index in [1.807, 2.05) is 46.8 Å². The lowest BCUT2D eigenvalue weighted by molar-refractivity contribution is -0.137. The molecule has 1 aromatic carbocycles. The minimum atomic E-state index is -0.183. The van der Waals surface area contributed by atoms with Gasteiger partial charge >= 0.3 is 5.97 Å². The predicted octanol–water partition coefficient (Wildman–Crippen LogP) is 5.32. The van der Waals surface area contributed by atoms with E-state index >= 15 is 0 Å². The number of rotatable bonds is 3. The summed E-state index contributed by atoms with van der Waals surface area (Å²) in [5.41, 5.74) is 3.43. The molecule has 0 N–H and O–H groups in total. The van der Waals surface area contributed by atoms with Gasteiger partial charge in [-0.05, 0) is 42.5 Å². The van der Waals surface area contributed by atoms with E-state index in [0.29, 0.717) is 5.75 Å². The van der Waals surface area contributed by atoms with E-state index in [9.17, 15) is 4.79 Å². The summed E-state index contributed by atoms with van der Waals surface area (Å²) < 4.78 is 5.45. The monoisotopic (exact) mass is 286 g/mol. The second kappa shape index (κ2) is 8.46. The van der Waals surface area contributed by atoms with Crippen LogP contribution < -0.4 is 4.74 Å². The van der Waals surface area contributed by atoms with E-state index in [1.165, 1.54) is 5.57 Å². The molecule has 0 heterocycles. The molecule has 0 saturated carbocycles. The standard InChI is InChI=1S/C17H20O2.C2H6/c1-12(2)17(18)19-16-11-15(10-9-13(16)3)14-7-5-4-6-8-14;1-2/h4-5,7,9-12H,6,8H2,1-3H3;1-2H3. The summed E-state index contributed by atoms with van der Waals surface area (Å²) in [6.45, 7) is 9.65. The van der Waals surface area contributed by atoms with E-state index in [1.54, 1.807) is 0 Å². The topological polar surface area (TPSA) is 26.3 Å². The molecular formula is C19H26O2. The number of allylic oxidation sites excluding steroid dienone is 4. The number of aryl methyl sites for hydroxylation is 1. The van der Waals surface area contributed by atoms with E-state index in [4.69, 9.17) is 4.74 Å². The molecule has 1 aliphatic carbocycles. The number of hydrogen-bond donors (Lipinski definition) is 0. The van der Waals surface area contributed by atoms with Gasteiger partial charge in [0.1, 0.15) is 5.75 Å². The number of carbonyl (C=O) groups is 1. The Morgan fingerprint density at radius 2 is 1.95 bits per heavy atom. The van der Waals surface area contributed by atoms with E-state index < -0.39 is 0 Å². The molecule has 0 aliphatic heterocycles. The Hall–Kier alpha value is -1.83. The van der Waals surface area contributed by atoms with Gasteiger partial charge in [0, 0.05) is 0 Å². The number of hydrogen-bond acceptors (Lipinski definition) is 2. The summed E-state index contributed by atoms with van der Waals surface area (Å²) in [6.07, 6.45) is 8.48. The first-order valence-corrected chi connectivity index (χ1v) is 7.76. The first-order chi connectivity index (χ1) is 10.1. The average molecular weight is 286 g/mol. The van der Waals surface area contributed by atoms with Crippen LogP contribution in [0, 0.1) is 12.8 Å². The van der Waals surface area contributed by atoms with Crippen molar-refractivity contribution in [1.29, 1.82) is 0 Å². The van der Waals surface area contributed by atoms with Crippen molar-refractivity contribution in [3.05, 3.63) is 47.6 Å². The van der Waals surface area contributed by atoms with Gasteiger partial charge in [-0.1, -0.05) is 58.1 Å². The van der Waals surface area contributed by atoms with Crippen LogP contribution in [0.3, 0.4) is 0 Å². The Kier molecular flexibility index (Phi) is 6.93. The molecule has 0 aromatic heterocycles. The Labute approximate surface area is 128 Å². The SMILES string of the molecule is CC.Cc1ccc(C2=CC=CCC2)cc1OC(=O)C(C)C. The summed E-state index contributed by atoms with van der Waals surface area (Å²) in [6, 6.07) is 6.07. The van der Waals surface area contributed by atoms with Crippen LogP contribution in [0.5, 0.6) is 5.75 Å². The van der Waals surface area contributed by atoms with Crippen molar-refractivity contribution in [2.45, 2.75) is 47.5 Å². The van der Waals surface area contributed by atoms with Crippen LogP contribution in [0.15, 0.2) is 36.4 Å². The molecule has 0 bridgehead atoms. The van der Waals surface area contributed by atoms with Crippen molar-refractivity contribution in [2.24, 2.45) is 5.92 Å². The van der Waals surface area contributed by atoms with Gasteiger partial charge in [-0.3, -0.25) is 4.79 Å². The lowest BCUT2D eigenvalue weighted by Gasteiger charge is -2.13. The molecule has 0 fully saturated rings. The molecule has 0 saturated heterocycles. The lowest BCUT2D eigenvalue weighted by atomic mass is 9.96. The van der Waals surface area contributed by atoms with E-state index in [0.717, 1.165) is 24.0 Å². The fourth-order valence-electron chi connectivity index (χ4n) is 1.98. The van der Waals surface area contributed by atoms with Crippen LogP contribution in [0.4, 0.5) is 0 Å². The number of benzene rings is 1. The number of esters is 1. The third kappa shape index (κ3) is 4.89. The normalized spacial score (nSPS) is 13.3. The van der Waals surface area contributed by atoms with Gasteiger partial charge in [0.2, 0.25) is 0 Å². The molecule has 1 aromatic rings. The van der Waals surface area contributed by atoms with Crippen molar-refractivity contribution in [2.75, 3.05) is 0 Å². The molecule has 0 spiro atoms. The summed E-state index contributed by atoms with van der Waals surface area (Å²) in [5.74, 6) is 0.379. The van der Waals surface area contributed by atoms with Gasteiger partial charge in [0.15, 0.2) is 0 Å². The Bertz CT molecular complexity index is 536. The zero-order valence-corrected chi connectivity index (χ0v) is 13.8. The molecule has 114 valence electrons. The molecule has 2 nitrogen and oxygen atoms in total. The van der Waals surface area contributed by atoms with Crippen molar-refractivity contribution >= 4 is 11.5 Å². The minimum Gasteiger partial charge on any atom is -0.426 e. The van der Waals surface area contributed by atoms with Gasteiger partial charge < -0.3 is 4.74 Å². The molecular weight excluding hydrogens is 260 g/mol. The quantitative estimate of drug-likeness (QED) is 0.555. The fraction of sp³-hybridized carbons (Fsp3) is 0.421. The summed E-state index contributed by atoms with van der Waals surface area (Å²) in [7, 11) is 0. The Balaban J connectivity index is 0.00000106. The van der Waals surface area contributed by atoms with E-state index in [2.05, 4.69) is 24.3 Å². The highest BCUT2D eigenvalue weighted by Gasteiger charge is 2.13. The van der Waals surface area contributed by atoms with Crippen LogP contribution in [-0.4, -0.2) is 5.97 Å². The van der Waals surface area contributed by atoms with Crippen molar-refractivity contribution < 1.29 is 9.53 Å². The third-order valence-electron chi connectivity index (χ3n) is 3.25. The Morgan fingerprint density at radius 1 is 1.24 bits per heavy atom. The van der Waals surface area contributed by atoms with Gasteiger partial charge in [0.05, 0.1) is 5.92 Å². The highest BCUT2D eigenvalue weighted by Crippen LogP contribution is 2.28. The number of ether oxygens (including phenoxy) is 1. The lowest BCUT2D eigenvalue weighted by Crippen LogP contribution is -2.15. The maximum Gasteiger partial charge on any atom is 0.313 e.